The molecular weight excluding hydrogens is 326 g/mol. The van der Waals surface area contributed by atoms with Crippen molar-refractivity contribution in [3.05, 3.63) is 48.3 Å². The minimum absolute atomic E-state index is 0.311. The summed E-state index contributed by atoms with van der Waals surface area (Å²) >= 11 is 0. The summed E-state index contributed by atoms with van der Waals surface area (Å²) < 4.78 is 3.93. The second-order valence-corrected chi connectivity index (χ2v) is 6.99. The molecule has 1 saturated heterocycles. The number of imidazole rings is 2. The molecule has 7 heteroatoms. The summed E-state index contributed by atoms with van der Waals surface area (Å²) in [5, 5.41) is 13.0. The number of hydrogen-bond acceptors (Lipinski definition) is 5. The Morgan fingerprint density at radius 1 is 1.35 bits per heavy atom. The lowest BCUT2D eigenvalue weighted by Gasteiger charge is -2.39. The monoisotopic (exact) mass is 349 g/mol. The molecule has 134 valence electrons. The van der Waals surface area contributed by atoms with Gasteiger partial charge in [0.15, 0.2) is 11.5 Å². The van der Waals surface area contributed by atoms with Gasteiger partial charge in [-0.05, 0) is 44.5 Å². The van der Waals surface area contributed by atoms with Crippen LogP contribution in [0.4, 0.5) is 5.82 Å². The normalized spacial score (nSPS) is 21.0. The van der Waals surface area contributed by atoms with E-state index in [2.05, 4.69) is 37.9 Å². The zero-order valence-corrected chi connectivity index (χ0v) is 15.1. The fourth-order valence-corrected chi connectivity index (χ4v) is 4.05. The number of pyridine rings is 1. The van der Waals surface area contributed by atoms with E-state index < -0.39 is 0 Å². The Morgan fingerprint density at radius 3 is 3.00 bits per heavy atom. The summed E-state index contributed by atoms with van der Waals surface area (Å²) in [4.78, 5) is 11.3. The molecular formula is C19H23N7. The first-order valence-electron chi connectivity index (χ1n) is 8.96. The van der Waals surface area contributed by atoms with E-state index in [0.717, 1.165) is 25.2 Å². The van der Waals surface area contributed by atoms with Crippen molar-refractivity contribution in [3.63, 3.8) is 0 Å². The van der Waals surface area contributed by atoms with Gasteiger partial charge in [0.05, 0.1) is 18.1 Å². The van der Waals surface area contributed by atoms with Gasteiger partial charge < -0.3 is 9.88 Å². The van der Waals surface area contributed by atoms with Crippen molar-refractivity contribution in [1.29, 1.82) is 5.26 Å². The van der Waals surface area contributed by atoms with Crippen LogP contribution in [0.1, 0.15) is 30.3 Å². The minimum Gasteiger partial charge on any atom is -0.367 e. The third-order valence-electron chi connectivity index (χ3n) is 5.33. The molecule has 4 heterocycles. The predicted octanol–water partition coefficient (Wildman–Crippen LogP) is 2.43. The standard InChI is InChI=1S/C19H23N7/c1-24-8-5-6-14(18(24)16-12-21-13-25(16)2)11-22-19-15(10-20)26-9-4-3-7-17(26)23-19/h3-4,7,9,12-14,18,22H,5-6,8,11H2,1-2H3/t14-,18+/m0/s1. The van der Waals surface area contributed by atoms with Gasteiger partial charge in [-0.2, -0.15) is 5.26 Å². The average Bonchev–Trinajstić information content (AvgIpc) is 3.22. The van der Waals surface area contributed by atoms with Gasteiger partial charge in [0.1, 0.15) is 11.7 Å². The molecule has 1 aliphatic heterocycles. The van der Waals surface area contributed by atoms with E-state index in [1.807, 2.05) is 48.4 Å². The zero-order valence-electron chi connectivity index (χ0n) is 15.1. The molecule has 0 aromatic carbocycles. The molecule has 7 nitrogen and oxygen atoms in total. The zero-order chi connectivity index (χ0) is 18.1. The van der Waals surface area contributed by atoms with Crippen molar-refractivity contribution >= 4 is 11.5 Å². The highest BCUT2D eigenvalue weighted by Gasteiger charge is 2.32. The fraction of sp³-hybridized carbons (Fsp3) is 0.421. The molecule has 0 bridgehead atoms. The molecule has 3 aromatic rings. The number of rotatable bonds is 4. The predicted molar refractivity (Wildman–Crippen MR) is 99.7 cm³/mol. The molecule has 0 aliphatic carbocycles. The third kappa shape index (κ3) is 2.82. The fourth-order valence-electron chi connectivity index (χ4n) is 4.05. The lowest BCUT2D eigenvalue weighted by Crippen LogP contribution is -2.39. The molecule has 1 fully saturated rings. The Morgan fingerprint density at radius 2 is 2.23 bits per heavy atom. The van der Waals surface area contributed by atoms with Crippen molar-refractivity contribution in [2.75, 3.05) is 25.5 Å². The Balaban J connectivity index is 1.58. The van der Waals surface area contributed by atoms with E-state index in [0.29, 0.717) is 23.5 Å². The number of likely N-dealkylation sites (tertiary alicyclic amines) is 1. The quantitative estimate of drug-likeness (QED) is 0.783. The number of anilines is 1. The van der Waals surface area contributed by atoms with Gasteiger partial charge in [-0.3, -0.25) is 9.30 Å². The molecule has 0 spiro atoms. The third-order valence-corrected chi connectivity index (χ3v) is 5.33. The van der Waals surface area contributed by atoms with E-state index in [9.17, 15) is 5.26 Å². The second-order valence-electron chi connectivity index (χ2n) is 6.99. The highest BCUT2D eigenvalue weighted by atomic mass is 15.2. The maximum absolute atomic E-state index is 9.55. The van der Waals surface area contributed by atoms with Crippen LogP contribution in [0.5, 0.6) is 0 Å². The number of nitrogens with zero attached hydrogens (tertiary/aromatic N) is 6. The SMILES string of the molecule is CN1CCC[C@@H](CNc2nc3ccccn3c2C#N)[C@@H]1c1cncn1C. The molecule has 1 aliphatic rings. The number of nitrogens with one attached hydrogen (secondary N) is 1. The highest BCUT2D eigenvalue weighted by molar-refractivity contribution is 5.58. The van der Waals surface area contributed by atoms with E-state index in [1.54, 1.807) is 0 Å². The lowest BCUT2D eigenvalue weighted by molar-refractivity contribution is 0.122. The van der Waals surface area contributed by atoms with Crippen LogP contribution in [0, 0.1) is 17.2 Å². The van der Waals surface area contributed by atoms with Crippen LogP contribution in [0.3, 0.4) is 0 Å². The Kier molecular flexibility index (Phi) is 4.35. The maximum atomic E-state index is 9.55. The van der Waals surface area contributed by atoms with Crippen LogP contribution in [0.15, 0.2) is 36.9 Å². The van der Waals surface area contributed by atoms with Gasteiger partial charge in [-0.15, -0.1) is 0 Å². The number of aromatic nitrogens is 4. The van der Waals surface area contributed by atoms with Crippen LogP contribution in [-0.4, -0.2) is 44.0 Å². The van der Waals surface area contributed by atoms with Crippen molar-refractivity contribution in [2.24, 2.45) is 13.0 Å². The summed E-state index contributed by atoms with van der Waals surface area (Å²) in [6, 6.07) is 8.35. The van der Waals surface area contributed by atoms with Gasteiger partial charge in [-0.1, -0.05) is 6.07 Å². The molecule has 0 unspecified atom stereocenters. The van der Waals surface area contributed by atoms with Crippen molar-refractivity contribution in [2.45, 2.75) is 18.9 Å². The second kappa shape index (κ2) is 6.81. The largest absolute Gasteiger partial charge is 0.367 e. The first kappa shape index (κ1) is 16.6. The molecule has 0 amide bonds. The number of fused-ring (bicyclic) bond motifs is 1. The van der Waals surface area contributed by atoms with Crippen LogP contribution in [0.25, 0.3) is 5.65 Å². The van der Waals surface area contributed by atoms with Crippen molar-refractivity contribution < 1.29 is 0 Å². The summed E-state index contributed by atoms with van der Waals surface area (Å²) in [5.41, 5.74) is 2.58. The smallest absolute Gasteiger partial charge is 0.168 e. The van der Waals surface area contributed by atoms with Gasteiger partial charge >= 0.3 is 0 Å². The number of hydrogen-bond donors (Lipinski definition) is 1. The van der Waals surface area contributed by atoms with Gasteiger partial charge in [-0.25, -0.2) is 9.97 Å². The summed E-state index contributed by atoms with van der Waals surface area (Å²) in [5.74, 6) is 1.09. The van der Waals surface area contributed by atoms with Crippen LogP contribution >= 0.6 is 0 Å². The van der Waals surface area contributed by atoms with Crippen molar-refractivity contribution in [1.82, 2.24) is 23.8 Å². The topological polar surface area (TPSA) is 74.2 Å². The highest BCUT2D eigenvalue weighted by Crippen LogP contribution is 2.35. The maximum Gasteiger partial charge on any atom is 0.168 e. The first-order valence-corrected chi connectivity index (χ1v) is 8.96. The molecule has 0 radical (unpaired) electrons. The number of nitriles is 1. The summed E-state index contributed by atoms with van der Waals surface area (Å²) in [6.07, 6.45) is 8.01. The lowest BCUT2D eigenvalue weighted by atomic mass is 9.87. The van der Waals surface area contributed by atoms with Crippen LogP contribution in [0.2, 0.25) is 0 Å². The van der Waals surface area contributed by atoms with E-state index in [1.165, 1.54) is 12.1 Å². The minimum atomic E-state index is 0.311. The van der Waals surface area contributed by atoms with Gasteiger partial charge in [0.2, 0.25) is 0 Å². The molecule has 0 saturated carbocycles. The van der Waals surface area contributed by atoms with E-state index in [-0.39, 0.29) is 0 Å². The molecule has 1 N–H and O–H groups in total. The molecule has 4 rings (SSSR count). The summed E-state index contributed by atoms with van der Waals surface area (Å²) in [6.45, 7) is 1.86. The molecule has 2 atom stereocenters. The molecule has 3 aromatic heterocycles. The van der Waals surface area contributed by atoms with Crippen LogP contribution < -0.4 is 5.32 Å². The molecule has 26 heavy (non-hydrogen) atoms. The Labute approximate surface area is 152 Å². The number of piperidine rings is 1. The van der Waals surface area contributed by atoms with E-state index in [4.69, 9.17) is 0 Å². The summed E-state index contributed by atoms with van der Waals surface area (Å²) in [7, 11) is 4.22. The van der Waals surface area contributed by atoms with Gasteiger partial charge in [0.25, 0.3) is 0 Å². The number of aryl methyl sites for hydroxylation is 1. The van der Waals surface area contributed by atoms with E-state index >= 15 is 0 Å². The van der Waals surface area contributed by atoms with Crippen LogP contribution in [-0.2, 0) is 7.05 Å². The first-order chi connectivity index (χ1) is 12.7. The van der Waals surface area contributed by atoms with Gasteiger partial charge in [0, 0.05) is 26.0 Å². The Bertz CT molecular complexity index is 948. The van der Waals surface area contributed by atoms with Crippen molar-refractivity contribution in [3.8, 4) is 6.07 Å². The Hall–Kier alpha value is -2.85. The average molecular weight is 349 g/mol.